The molecule has 0 saturated carbocycles. The molecular formula is C14H11F2NO3. The highest BCUT2D eigenvalue weighted by atomic mass is 19.1. The van der Waals surface area contributed by atoms with Crippen LogP contribution in [-0.4, -0.2) is 4.92 Å². The maximum Gasteiger partial charge on any atom is 0.304 e. The van der Waals surface area contributed by atoms with Crippen LogP contribution in [0.5, 0.6) is 5.75 Å². The zero-order valence-electron chi connectivity index (χ0n) is 10.6. The number of halogens is 2. The predicted molar refractivity (Wildman–Crippen MR) is 68.5 cm³/mol. The molecule has 4 nitrogen and oxygen atoms in total. The van der Waals surface area contributed by atoms with Crippen LogP contribution in [0.1, 0.15) is 11.1 Å². The first-order valence-corrected chi connectivity index (χ1v) is 5.79. The highest BCUT2D eigenvalue weighted by Gasteiger charge is 2.14. The van der Waals surface area contributed by atoms with E-state index in [2.05, 4.69) is 0 Å². The summed E-state index contributed by atoms with van der Waals surface area (Å²) in [5.41, 5.74) is 0.584. The first-order chi connectivity index (χ1) is 9.47. The molecule has 0 atom stereocenters. The molecule has 2 aromatic rings. The van der Waals surface area contributed by atoms with Crippen molar-refractivity contribution >= 4 is 5.69 Å². The molecule has 0 fully saturated rings. The number of aryl methyl sites for hydroxylation is 1. The second-order valence-electron chi connectivity index (χ2n) is 4.24. The third kappa shape index (κ3) is 3.09. The van der Waals surface area contributed by atoms with Gasteiger partial charge in [0.05, 0.1) is 4.92 Å². The van der Waals surface area contributed by atoms with Gasteiger partial charge in [-0.15, -0.1) is 0 Å². The molecule has 0 amide bonds. The minimum atomic E-state index is -0.924. The van der Waals surface area contributed by atoms with Crippen molar-refractivity contribution in [3.63, 3.8) is 0 Å². The molecule has 0 unspecified atom stereocenters. The Morgan fingerprint density at radius 3 is 2.60 bits per heavy atom. The minimum Gasteiger partial charge on any atom is -0.489 e. The van der Waals surface area contributed by atoms with Gasteiger partial charge in [-0.1, -0.05) is 6.07 Å². The highest BCUT2D eigenvalue weighted by molar-refractivity contribution is 5.36. The molecule has 0 aromatic heterocycles. The molecule has 0 radical (unpaired) electrons. The Balaban J connectivity index is 2.13. The van der Waals surface area contributed by atoms with Crippen LogP contribution in [-0.2, 0) is 6.61 Å². The van der Waals surface area contributed by atoms with E-state index in [-0.39, 0.29) is 6.61 Å². The third-order valence-corrected chi connectivity index (χ3v) is 2.75. The topological polar surface area (TPSA) is 52.4 Å². The van der Waals surface area contributed by atoms with Crippen molar-refractivity contribution in [2.24, 2.45) is 0 Å². The SMILES string of the molecule is Cc1ccc(F)cc1OCc1ccc([N+](=O)[O-])c(F)c1. The molecule has 6 heteroatoms. The van der Waals surface area contributed by atoms with Crippen molar-refractivity contribution in [1.82, 2.24) is 0 Å². The monoisotopic (exact) mass is 279 g/mol. The van der Waals surface area contributed by atoms with Crippen LogP contribution in [0.2, 0.25) is 0 Å². The normalized spacial score (nSPS) is 10.3. The van der Waals surface area contributed by atoms with E-state index < -0.39 is 22.2 Å². The van der Waals surface area contributed by atoms with E-state index in [0.717, 1.165) is 17.7 Å². The van der Waals surface area contributed by atoms with Gasteiger partial charge in [0, 0.05) is 12.1 Å². The molecule has 2 rings (SSSR count). The van der Waals surface area contributed by atoms with E-state index >= 15 is 0 Å². The summed E-state index contributed by atoms with van der Waals surface area (Å²) in [5, 5.41) is 10.5. The lowest BCUT2D eigenvalue weighted by atomic mass is 10.2. The van der Waals surface area contributed by atoms with Crippen molar-refractivity contribution in [1.29, 1.82) is 0 Å². The lowest BCUT2D eigenvalue weighted by Gasteiger charge is -2.09. The van der Waals surface area contributed by atoms with Gasteiger partial charge < -0.3 is 4.74 Å². The first-order valence-electron chi connectivity index (χ1n) is 5.79. The van der Waals surface area contributed by atoms with Gasteiger partial charge in [0.1, 0.15) is 18.2 Å². The first kappa shape index (κ1) is 13.9. The predicted octanol–water partition coefficient (Wildman–Crippen LogP) is 3.76. The molecular weight excluding hydrogens is 268 g/mol. The molecule has 104 valence electrons. The number of rotatable bonds is 4. The fourth-order valence-corrected chi connectivity index (χ4v) is 1.68. The van der Waals surface area contributed by atoms with E-state index in [0.29, 0.717) is 11.3 Å². The van der Waals surface area contributed by atoms with Crippen molar-refractivity contribution in [3.05, 3.63) is 69.3 Å². The summed E-state index contributed by atoms with van der Waals surface area (Å²) in [6.45, 7) is 1.75. The summed E-state index contributed by atoms with van der Waals surface area (Å²) < 4.78 is 31.9. The number of nitrogens with zero attached hydrogens (tertiary/aromatic N) is 1. The average molecular weight is 279 g/mol. The Bertz CT molecular complexity index is 659. The van der Waals surface area contributed by atoms with Crippen LogP contribution >= 0.6 is 0 Å². The lowest BCUT2D eigenvalue weighted by Crippen LogP contribution is -2.00. The highest BCUT2D eigenvalue weighted by Crippen LogP contribution is 2.22. The van der Waals surface area contributed by atoms with E-state index in [4.69, 9.17) is 4.74 Å². The third-order valence-electron chi connectivity index (χ3n) is 2.75. The van der Waals surface area contributed by atoms with Crippen LogP contribution in [0.15, 0.2) is 36.4 Å². The van der Waals surface area contributed by atoms with Gasteiger partial charge in [-0.25, -0.2) is 4.39 Å². The summed E-state index contributed by atoms with van der Waals surface area (Å²) in [4.78, 5) is 9.69. The average Bonchev–Trinajstić information content (AvgIpc) is 2.39. The molecule has 2 aromatic carbocycles. The number of nitro groups is 1. The Morgan fingerprint density at radius 1 is 1.20 bits per heavy atom. The van der Waals surface area contributed by atoms with Crippen LogP contribution in [0, 0.1) is 28.7 Å². The fraction of sp³-hybridized carbons (Fsp3) is 0.143. The quantitative estimate of drug-likeness (QED) is 0.632. The van der Waals surface area contributed by atoms with Gasteiger partial charge >= 0.3 is 5.69 Å². The standard InChI is InChI=1S/C14H11F2NO3/c1-9-2-4-11(15)7-14(9)20-8-10-3-5-13(17(18)19)12(16)6-10/h2-7H,8H2,1H3. The van der Waals surface area contributed by atoms with Gasteiger partial charge in [0.2, 0.25) is 5.82 Å². The molecule has 0 N–H and O–H groups in total. The van der Waals surface area contributed by atoms with E-state index in [1.165, 1.54) is 18.2 Å². The Morgan fingerprint density at radius 2 is 1.95 bits per heavy atom. The summed E-state index contributed by atoms with van der Waals surface area (Å²) in [7, 11) is 0. The molecule has 0 heterocycles. The zero-order chi connectivity index (χ0) is 14.7. The fourth-order valence-electron chi connectivity index (χ4n) is 1.68. The zero-order valence-corrected chi connectivity index (χ0v) is 10.6. The maximum absolute atomic E-state index is 13.4. The Hall–Kier alpha value is -2.50. The van der Waals surface area contributed by atoms with Crippen LogP contribution in [0.4, 0.5) is 14.5 Å². The summed E-state index contributed by atoms with van der Waals surface area (Å²) in [6, 6.07) is 7.63. The molecule has 0 aliphatic carbocycles. The largest absolute Gasteiger partial charge is 0.489 e. The number of nitro benzene ring substituents is 1. The number of ether oxygens (including phenoxy) is 1. The maximum atomic E-state index is 13.4. The number of hydrogen-bond acceptors (Lipinski definition) is 3. The smallest absolute Gasteiger partial charge is 0.304 e. The van der Waals surface area contributed by atoms with Crippen LogP contribution in [0.25, 0.3) is 0 Å². The molecule has 0 bridgehead atoms. The summed E-state index contributed by atoms with van der Waals surface area (Å²) in [5.74, 6) is -1.00. The van der Waals surface area contributed by atoms with E-state index in [1.807, 2.05) is 0 Å². The molecule has 0 aliphatic rings. The van der Waals surface area contributed by atoms with Crippen molar-refractivity contribution < 1.29 is 18.4 Å². The van der Waals surface area contributed by atoms with E-state index in [1.54, 1.807) is 13.0 Å². The van der Waals surface area contributed by atoms with Gasteiger partial charge in [-0.05, 0) is 36.2 Å². The second kappa shape index (κ2) is 5.64. The van der Waals surface area contributed by atoms with Crippen molar-refractivity contribution in [3.8, 4) is 5.75 Å². The molecule has 0 spiro atoms. The molecule has 0 saturated heterocycles. The summed E-state index contributed by atoms with van der Waals surface area (Å²) >= 11 is 0. The van der Waals surface area contributed by atoms with Gasteiger partial charge in [0.25, 0.3) is 0 Å². The molecule has 0 aliphatic heterocycles. The van der Waals surface area contributed by atoms with Crippen LogP contribution < -0.4 is 4.74 Å². The van der Waals surface area contributed by atoms with Gasteiger partial charge in [-0.2, -0.15) is 4.39 Å². The Labute approximate surface area is 113 Å². The second-order valence-corrected chi connectivity index (χ2v) is 4.24. The van der Waals surface area contributed by atoms with Crippen molar-refractivity contribution in [2.45, 2.75) is 13.5 Å². The van der Waals surface area contributed by atoms with Crippen molar-refractivity contribution in [2.75, 3.05) is 0 Å². The number of hydrogen-bond donors (Lipinski definition) is 0. The van der Waals surface area contributed by atoms with E-state index in [9.17, 15) is 18.9 Å². The van der Waals surface area contributed by atoms with Crippen LogP contribution in [0.3, 0.4) is 0 Å². The molecule has 20 heavy (non-hydrogen) atoms. The number of benzene rings is 2. The lowest BCUT2D eigenvalue weighted by molar-refractivity contribution is -0.387. The van der Waals surface area contributed by atoms with Gasteiger partial charge in [-0.3, -0.25) is 10.1 Å². The van der Waals surface area contributed by atoms with Gasteiger partial charge in [0.15, 0.2) is 0 Å². The summed E-state index contributed by atoms with van der Waals surface area (Å²) in [6.07, 6.45) is 0. The minimum absolute atomic E-state index is 0.000786. The Kier molecular flexibility index (Phi) is 3.93.